The van der Waals surface area contributed by atoms with Crippen molar-refractivity contribution in [3.63, 3.8) is 0 Å². The fourth-order valence-corrected chi connectivity index (χ4v) is 1.42. The Hall–Kier alpha value is -2.17. The molecule has 0 N–H and O–H groups in total. The van der Waals surface area contributed by atoms with E-state index in [0.717, 1.165) is 10.5 Å². The average molecular weight is 292 g/mol. The van der Waals surface area contributed by atoms with E-state index < -0.39 is 12.1 Å². The van der Waals surface area contributed by atoms with Gasteiger partial charge in [-0.3, -0.25) is 9.59 Å². The van der Waals surface area contributed by atoms with E-state index in [1.165, 1.54) is 0 Å². The summed E-state index contributed by atoms with van der Waals surface area (Å²) in [5.74, 6) is -0.418. The van der Waals surface area contributed by atoms with Crippen LogP contribution in [0.5, 0.6) is 0 Å². The molecule has 116 valence electrons. The molecule has 21 heavy (non-hydrogen) atoms. The first-order valence-corrected chi connectivity index (χ1v) is 6.82. The maximum absolute atomic E-state index is 12.5. The third-order valence-electron chi connectivity index (χ3n) is 2.75. The molecule has 1 atom stereocenters. The number of amides is 2. The number of nitrogens with zero attached hydrogens (tertiary/aromatic N) is 2. The number of hydrogen-bond donors (Lipinski definition) is 0. The Kier molecular flexibility index (Phi) is 8.69. The molecule has 5 heteroatoms. The summed E-state index contributed by atoms with van der Waals surface area (Å²) >= 11 is 0. The molecule has 0 radical (unpaired) electrons. The van der Waals surface area contributed by atoms with Gasteiger partial charge in [-0.05, 0) is 40.2 Å². The quantitative estimate of drug-likeness (QED) is 0.172. The molecule has 2 amide bonds. The normalized spacial score (nSPS) is 13.2. The first-order valence-electron chi connectivity index (χ1n) is 6.82. The minimum absolute atomic E-state index is 0.418. The standard InChI is InChI=1S/C16H24N2O3/c1-7-9-10-15(13(5)8-2)16(20)18(11-19)14(6)21-17-12(3)4/h7,9-11,14H,1,8H2,2-6H3/b10-9-,15-13+. The van der Waals surface area contributed by atoms with Crippen LogP contribution in [-0.4, -0.2) is 29.2 Å². The van der Waals surface area contributed by atoms with Crippen molar-refractivity contribution in [3.8, 4) is 0 Å². The van der Waals surface area contributed by atoms with Crippen LogP contribution in [-0.2, 0) is 14.4 Å². The van der Waals surface area contributed by atoms with E-state index in [9.17, 15) is 9.59 Å². The van der Waals surface area contributed by atoms with E-state index >= 15 is 0 Å². The molecule has 0 saturated heterocycles. The maximum Gasteiger partial charge on any atom is 0.263 e. The fourth-order valence-electron chi connectivity index (χ4n) is 1.42. The van der Waals surface area contributed by atoms with Crippen LogP contribution in [0.1, 0.15) is 41.0 Å². The Morgan fingerprint density at radius 2 is 2.00 bits per heavy atom. The van der Waals surface area contributed by atoms with Gasteiger partial charge in [0.15, 0.2) is 0 Å². The average Bonchev–Trinajstić information content (AvgIpc) is 2.45. The Labute approximate surface area is 126 Å². The molecule has 0 aromatic carbocycles. The lowest BCUT2D eigenvalue weighted by Gasteiger charge is -2.22. The molecule has 0 saturated carbocycles. The van der Waals surface area contributed by atoms with Gasteiger partial charge >= 0.3 is 0 Å². The van der Waals surface area contributed by atoms with Crippen LogP contribution in [0.2, 0.25) is 0 Å². The van der Waals surface area contributed by atoms with E-state index in [-0.39, 0.29) is 0 Å². The summed E-state index contributed by atoms with van der Waals surface area (Å²) in [6.45, 7) is 12.5. The van der Waals surface area contributed by atoms with Crippen molar-refractivity contribution in [1.82, 2.24) is 4.90 Å². The van der Waals surface area contributed by atoms with Crippen molar-refractivity contribution in [2.75, 3.05) is 0 Å². The molecule has 0 aliphatic carbocycles. The van der Waals surface area contributed by atoms with E-state index in [0.29, 0.717) is 24.1 Å². The summed E-state index contributed by atoms with van der Waals surface area (Å²) < 4.78 is 0. The number of oxime groups is 1. The smallest absolute Gasteiger partial charge is 0.263 e. The van der Waals surface area contributed by atoms with Gasteiger partial charge in [0, 0.05) is 5.57 Å². The summed E-state index contributed by atoms with van der Waals surface area (Å²) in [7, 11) is 0. The van der Waals surface area contributed by atoms with Crippen LogP contribution < -0.4 is 0 Å². The Morgan fingerprint density at radius 1 is 1.38 bits per heavy atom. The zero-order valence-electron chi connectivity index (χ0n) is 13.4. The van der Waals surface area contributed by atoms with Gasteiger partial charge in [-0.2, -0.15) is 0 Å². The minimum atomic E-state index is -0.776. The summed E-state index contributed by atoms with van der Waals surface area (Å²) in [4.78, 5) is 29.8. The zero-order valence-corrected chi connectivity index (χ0v) is 13.4. The van der Waals surface area contributed by atoms with Crippen LogP contribution in [0.15, 0.2) is 41.1 Å². The van der Waals surface area contributed by atoms with Gasteiger partial charge in [-0.1, -0.05) is 36.4 Å². The van der Waals surface area contributed by atoms with Gasteiger partial charge < -0.3 is 4.84 Å². The van der Waals surface area contributed by atoms with Gasteiger partial charge in [-0.25, -0.2) is 4.90 Å². The van der Waals surface area contributed by atoms with Gasteiger partial charge in [-0.15, -0.1) is 0 Å². The second-order valence-corrected chi connectivity index (χ2v) is 4.70. The number of imide groups is 1. The SMILES string of the molecule is C=C/C=C\C(C(=O)N(C=O)C(C)ON=C(C)C)=C(\C)CC. The molecular formula is C16H24N2O3. The lowest BCUT2D eigenvalue weighted by molar-refractivity contribution is -0.148. The highest BCUT2D eigenvalue weighted by molar-refractivity contribution is 6.02. The van der Waals surface area contributed by atoms with Gasteiger partial charge in [0.1, 0.15) is 0 Å². The van der Waals surface area contributed by atoms with Crippen molar-refractivity contribution in [2.45, 2.75) is 47.3 Å². The predicted octanol–water partition coefficient (Wildman–Crippen LogP) is 3.20. The lowest BCUT2D eigenvalue weighted by Crippen LogP contribution is -2.39. The molecule has 0 rings (SSSR count). The second kappa shape index (κ2) is 9.69. The van der Waals surface area contributed by atoms with Crippen LogP contribution in [0, 0.1) is 0 Å². The summed E-state index contributed by atoms with van der Waals surface area (Å²) in [5, 5.41) is 3.78. The molecule has 0 heterocycles. The third kappa shape index (κ3) is 6.21. The second-order valence-electron chi connectivity index (χ2n) is 4.70. The van der Waals surface area contributed by atoms with Crippen LogP contribution in [0.3, 0.4) is 0 Å². The summed E-state index contributed by atoms with van der Waals surface area (Å²) in [6.07, 6.45) is 5.27. The summed E-state index contributed by atoms with van der Waals surface area (Å²) in [5.41, 5.74) is 2.04. The Balaban J connectivity index is 5.38. The molecule has 0 bridgehead atoms. The van der Waals surface area contributed by atoms with Crippen LogP contribution >= 0.6 is 0 Å². The van der Waals surface area contributed by atoms with Gasteiger partial charge in [0.05, 0.1) is 5.71 Å². The Bertz CT molecular complexity index is 472. The highest BCUT2D eigenvalue weighted by Gasteiger charge is 2.24. The fraction of sp³-hybridized carbons (Fsp3) is 0.438. The van der Waals surface area contributed by atoms with E-state index in [1.807, 2.05) is 13.8 Å². The molecule has 0 spiro atoms. The summed E-state index contributed by atoms with van der Waals surface area (Å²) in [6, 6.07) is 0. The molecule has 0 fully saturated rings. The molecule has 5 nitrogen and oxygen atoms in total. The third-order valence-corrected chi connectivity index (χ3v) is 2.75. The number of hydrogen-bond acceptors (Lipinski definition) is 4. The number of allylic oxidation sites excluding steroid dienone is 3. The zero-order chi connectivity index (χ0) is 16.4. The molecular weight excluding hydrogens is 268 g/mol. The molecule has 0 aliphatic heterocycles. The monoisotopic (exact) mass is 292 g/mol. The molecule has 0 aromatic rings. The maximum atomic E-state index is 12.5. The van der Waals surface area contributed by atoms with E-state index in [4.69, 9.17) is 4.84 Å². The van der Waals surface area contributed by atoms with Crippen LogP contribution in [0.4, 0.5) is 0 Å². The first kappa shape index (κ1) is 18.8. The van der Waals surface area contributed by atoms with Gasteiger partial charge in [0.2, 0.25) is 12.6 Å². The molecule has 1 unspecified atom stereocenters. The van der Waals surface area contributed by atoms with Crippen molar-refractivity contribution in [2.24, 2.45) is 5.16 Å². The largest absolute Gasteiger partial charge is 0.370 e. The predicted molar refractivity (Wildman–Crippen MR) is 84.6 cm³/mol. The highest BCUT2D eigenvalue weighted by Crippen LogP contribution is 2.15. The first-order chi connectivity index (χ1) is 9.88. The lowest BCUT2D eigenvalue weighted by atomic mass is 10.1. The highest BCUT2D eigenvalue weighted by atomic mass is 16.6. The number of carbonyl (C=O) groups excluding carboxylic acids is 2. The van der Waals surface area contributed by atoms with Crippen molar-refractivity contribution in [1.29, 1.82) is 0 Å². The van der Waals surface area contributed by atoms with Crippen molar-refractivity contribution in [3.05, 3.63) is 36.0 Å². The topological polar surface area (TPSA) is 59.0 Å². The van der Waals surface area contributed by atoms with E-state index in [2.05, 4.69) is 11.7 Å². The van der Waals surface area contributed by atoms with Crippen LogP contribution in [0.25, 0.3) is 0 Å². The molecule has 0 aromatic heterocycles. The van der Waals surface area contributed by atoms with Crippen molar-refractivity contribution >= 4 is 18.0 Å². The molecule has 0 aliphatic rings. The van der Waals surface area contributed by atoms with Crippen molar-refractivity contribution < 1.29 is 14.4 Å². The number of rotatable bonds is 8. The Morgan fingerprint density at radius 3 is 2.43 bits per heavy atom. The number of carbonyl (C=O) groups is 2. The van der Waals surface area contributed by atoms with Gasteiger partial charge in [0.25, 0.3) is 5.91 Å². The minimum Gasteiger partial charge on any atom is -0.370 e. The van der Waals surface area contributed by atoms with E-state index in [1.54, 1.807) is 39.0 Å².